The third-order valence-corrected chi connectivity index (χ3v) is 0.936. The first kappa shape index (κ1) is 16.5. The molecule has 0 aromatic rings. The minimum atomic E-state index is -2.45. The molecule has 0 aliphatic carbocycles. The van der Waals surface area contributed by atoms with Gasteiger partial charge in [-0.1, -0.05) is 0 Å². The lowest BCUT2D eigenvalue weighted by Crippen LogP contribution is -2.33. The first-order chi connectivity index (χ1) is 6.83. The maximum absolute atomic E-state index is 9.69. The minimum Gasteiger partial charge on any atom is -0.392 e. The van der Waals surface area contributed by atoms with Crippen molar-refractivity contribution >= 4 is 6.09 Å². The summed E-state index contributed by atoms with van der Waals surface area (Å²) >= 11 is 0. The Morgan fingerprint density at radius 2 is 1.73 bits per heavy atom. The molecule has 0 fully saturated rings. The second-order valence-electron chi connectivity index (χ2n) is 2.68. The van der Waals surface area contributed by atoms with E-state index in [1.165, 1.54) is 0 Å². The van der Waals surface area contributed by atoms with Crippen molar-refractivity contribution in [3.8, 4) is 0 Å². The van der Waals surface area contributed by atoms with Gasteiger partial charge in [0.05, 0.1) is 0 Å². The van der Waals surface area contributed by atoms with Gasteiger partial charge in [0.1, 0.15) is 0 Å². The number of carbonyl (C=O) groups excluding carboxylic acids is 1. The van der Waals surface area contributed by atoms with Gasteiger partial charge >= 0.3 is 12.1 Å². The maximum atomic E-state index is 9.69. The SMILES string of the molecule is CC(O)(O)OC(N)=O.NCCNCCN. The Morgan fingerprint density at radius 3 is 1.87 bits per heavy atom. The van der Waals surface area contributed by atoms with Gasteiger partial charge in [-0.25, -0.2) is 4.79 Å². The summed E-state index contributed by atoms with van der Waals surface area (Å²) in [6.07, 6.45) is -1.22. The molecule has 0 unspecified atom stereocenters. The zero-order valence-corrected chi connectivity index (χ0v) is 8.77. The summed E-state index contributed by atoms with van der Waals surface area (Å²) < 4.78 is 3.69. The average molecular weight is 224 g/mol. The molecule has 0 spiro atoms. The van der Waals surface area contributed by atoms with Crippen molar-refractivity contribution in [2.24, 2.45) is 17.2 Å². The van der Waals surface area contributed by atoms with Crippen molar-refractivity contribution in [1.82, 2.24) is 5.32 Å². The van der Waals surface area contributed by atoms with Crippen molar-refractivity contribution < 1.29 is 19.7 Å². The number of hydrogen-bond donors (Lipinski definition) is 6. The van der Waals surface area contributed by atoms with E-state index in [0.29, 0.717) is 13.1 Å². The largest absolute Gasteiger partial charge is 0.408 e. The van der Waals surface area contributed by atoms with Gasteiger partial charge in [0.15, 0.2) is 0 Å². The van der Waals surface area contributed by atoms with Gasteiger partial charge in [-0.15, -0.1) is 0 Å². The summed E-state index contributed by atoms with van der Waals surface area (Å²) in [5.41, 5.74) is 14.7. The van der Waals surface area contributed by atoms with Gasteiger partial charge in [0.25, 0.3) is 0 Å². The van der Waals surface area contributed by atoms with Crippen LogP contribution in [0.25, 0.3) is 0 Å². The van der Waals surface area contributed by atoms with E-state index >= 15 is 0 Å². The number of rotatable bonds is 5. The Hall–Kier alpha value is -0.930. The predicted octanol–water partition coefficient (Wildman–Crippen LogP) is -2.77. The van der Waals surface area contributed by atoms with Crippen molar-refractivity contribution in [3.63, 3.8) is 0 Å². The van der Waals surface area contributed by atoms with E-state index in [0.717, 1.165) is 20.0 Å². The Labute approximate surface area is 88.4 Å². The van der Waals surface area contributed by atoms with Crippen molar-refractivity contribution in [3.05, 3.63) is 0 Å². The van der Waals surface area contributed by atoms with Crippen LogP contribution < -0.4 is 22.5 Å². The molecule has 0 rings (SSSR count). The average Bonchev–Trinajstić information content (AvgIpc) is 2.01. The standard InChI is InChI=1S/C4H13N3.C3H7NO4/c5-1-3-7-4-2-6;1-3(6,7)8-2(4)5/h7H,1-6H2;6-7H,1H3,(H2,4,5). The smallest absolute Gasteiger partial charge is 0.392 e. The van der Waals surface area contributed by atoms with Gasteiger partial charge < -0.3 is 37.5 Å². The topological polar surface area (TPSA) is 157 Å². The van der Waals surface area contributed by atoms with E-state index in [9.17, 15) is 4.79 Å². The molecule has 8 nitrogen and oxygen atoms in total. The summed E-state index contributed by atoms with van der Waals surface area (Å²) in [7, 11) is 0. The van der Waals surface area contributed by atoms with Crippen LogP contribution in [0.15, 0.2) is 0 Å². The molecular weight excluding hydrogens is 204 g/mol. The third-order valence-electron chi connectivity index (χ3n) is 0.936. The molecule has 0 saturated heterocycles. The molecule has 0 aromatic heterocycles. The first-order valence-corrected chi connectivity index (χ1v) is 4.37. The van der Waals surface area contributed by atoms with E-state index in [-0.39, 0.29) is 0 Å². The number of nitrogens with two attached hydrogens (primary N) is 3. The zero-order valence-electron chi connectivity index (χ0n) is 8.77. The molecule has 8 heteroatoms. The number of hydrogen-bond acceptors (Lipinski definition) is 7. The van der Waals surface area contributed by atoms with Gasteiger partial charge in [-0.2, -0.15) is 0 Å². The van der Waals surface area contributed by atoms with Gasteiger partial charge in [-0.3, -0.25) is 0 Å². The lowest BCUT2D eigenvalue weighted by atomic mass is 10.6. The third kappa shape index (κ3) is 24.6. The van der Waals surface area contributed by atoms with Gasteiger partial charge in [-0.05, 0) is 0 Å². The Kier molecular flexibility index (Phi) is 10.6. The maximum Gasteiger partial charge on any atom is 0.408 e. The van der Waals surface area contributed by atoms with Crippen LogP contribution in [0.1, 0.15) is 6.92 Å². The van der Waals surface area contributed by atoms with Crippen LogP contribution in [0.5, 0.6) is 0 Å². The molecule has 0 radical (unpaired) electrons. The molecule has 9 N–H and O–H groups in total. The number of carbonyl (C=O) groups is 1. The number of primary amides is 1. The lowest BCUT2D eigenvalue weighted by Gasteiger charge is -2.12. The van der Waals surface area contributed by atoms with Crippen LogP contribution in [0, 0.1) is 0 Å². The molecule has 0 saturated carbocycles. The van der Waals surface area contributed by atoms with E-state index in [1.807, 2.05) is 0 Å². The fourth-order valence-corrected chi connectivity index (χ4v) is 0.520. The fourth-order valence-electron chi connectivity index (χ4n) is 0.520. The van der Waals surface area contributed by atoms with Gasteiger partial charge in [0.2, 0.25) is 0 Å². The molecule has 0 atom stereocenters. The van der Waals surface area contributed by atoms with Crippen LogP contribution in [-0.4, -0.2) is 48.5 Å². The summed E-state index contributed by atoms with van der Waals surface area (Å²) in [6.45, 7) is 4.01. The van der Waals surface area contributed by atoms with Gasteiger partial charge in [0, 0.05) is 33.1 Å². The highest BCUT2D eigenvalue weighted by Gasteiger charge is 2.18. The van der Waals surface area contributed by atoms with E-state index < -0.39 is 12.1 Å². The van der Waals surface area contributed by atoms with E-state index in [1.54, 1.807) is 0 Å². The highest BCUT2D eigenvalue weighted by atomic mass is 16.8. The molecule has 0 heterocycles. The molecule has 1 amide bonds. The van der Waals surface area contributed by atoms with Crippen molar-refractivity contribution in [2.45, 2.75) is 12.9 Å². The van der Waals surface area contributed by atoms with E-state index in [2.05, 4.69) is 15.8 Å². The Morgan fingerprint density at radius 1 is 1.33 bits per heavy atom. The molecule has 15 heavy (non-hydrogen) atoms. The monoisotopic (exact) mass is 224 g/mol. The van der Waals surface area contributed by atoms with Crippen LogP contribution in [0.3, 0.4) is 0 Å². The predicted molar refractivity (Wildman–Crippen MR) is 54.5 cm³/mol. The number of aliphatic hydroxyl groups is 2. The van der Waals surface area contributed by atoms with Crippen LogP contribution in [0.4, 0.5) is 4.79 Å². The van der Waals surface area contributed by atoms with Crippen LogP contribution in [-0.2, 0) is 4.74 Å². The summed E-state index contributed by atoms with van der Waals surface area (Å²) in [6, 6.07) is 0. The van der Waals surface area contributed by atoms with Crippen molar-refractivity contribution in [1.29, 1.82) is 0 Å². The zero-order chi connectivity index (χ0) is 12.3. The molecule has 0 aliphatic heterocycles. The number of ether oxygens (including phenoxy) is 1. The summed E-state index contributed by atoms with van der Waals surface area (Å²) in [4.78, 5) is 9.69. The molecule has 0 aliphatic rings. The minimum absolute atomic E-state index is 0.694. The van der Waals surface area contributed by atoms with E-state index in [4.69, 9.17) is 21.7 Å². The lowest BCUT2D eigenvalue weighted by molar-refractivity contribution is -0.292. The molecule has 0 aromatic carbocycles. The molecule has 92 valence electrons. The second-order valence-corrected chi connectivity index (χ2v) is 2.68. The Bertz CT molecular complexity index is 156. The quantitative estimate of drug-likeness (QED) is 0.218. The summed E-state index contributed by atoms with van der Waals surface area (Å²) in [5, 5.41) is 19.5. The molecule has 0 bridgehead atoms. The summed E-state index contributed by atoms with van der Waals surface area (Å²) in [5.74, 6) is -2.45. The first-order valence-electron chi connectivity index (χ1n) is 4.37. The number of nitrogens with one attached hydrogen (secondary N) is 1. The Balaban J connectivity index is 0. The highest BCUT2D eigenvalue weighted by Crippen LogP contribution is 1.96. The van der Waals surface area contributed by atoms with Crippen LogP contribution in [0.2, 0.25) is 0 Å². The van der Waals surface area contributed by atoms with Crippen molar-refractivity contribution in [2.75, 3.05) is 26.2 Å². The second kappa shape index (κ2) is 9.62. The van der Waals surface area contributed by atoms with Crippen LogP contribution >= 0.6 is 0 Å². The molecular formula is C7H20N4O4. The highest BCUT2D eigenvalue weighted by molar-refractivity contribution is 5.64. The number of amides is 1. The normalized spacial score (nSPS) is 10.2. The fraction of sp³-hybridized carbons (Fsp3) is 0.857.